The molecule has 2 amide bonds. The maximum absolute atomic E-state index is 14.1. The van der Waals surface area contributed by atoms with E-state index in [1.54, 1.807) is 31.2 Å². The molecule has 1 saturated heterocycles. The molecular weight excluding hydrogens is 346 g/mol. The summed E-state index contributed by atoms with van der Waals surface area (Å²) in [5, 5.41) is 2.02. The number of rotatable bonds is 4. The van der Waals surface area contributed by atoms with Crippen LogP contribution in [0.25, 0.3) is 0 Å². The van der Waals surface area contributed by atoms with Crippen molar-refractivity contribution in [2.75, 3.05) is 11.1 Å². The third-order valence-corrected chi connectivity index (χ3v) is 5.18. The molecule has 1 aliphatic rings. The van der Waals surface area contributed by atoms with Crippen molar-refractivity contribution in [1.82, 2.24) is 4.90 Å². The first-order valence-corrected chi connectivity index (χ1v) is 8.76. The molecule has 2 aromatic rings. The molecule has 7 heteroatoms. The first-order chi connectivity index (χ1) is 12.0. The lowest BCUT2D eigenvalue weighted by Crippen LogP contribution is -2.44. The van der Waals surface area contributed by atoms with Crippen LogP contribution in [0.5, 0.6) is 0 Å². The number of hydrogen-bond acceptors (Lipinski definition) is 3. The molecule has 1 fully saturated rings. The van der Waals surface area contributed by atoms with Crippen LogP contribution < -0.4 is 5.32 Å². The Hall–Kier alpha value is -2.41. The van der Waals surface area contributed by atoms with Crippen molar-refractivity contribution in [3.63, 3.8) is 0 Å². The van der Waals surface area contributed by atoms with Gasteiger partial charge in [0, 0.05) is 11.3 Å². The average Bonchev–Trinajstić information content (AvgIpc) is 2.96. The molecule has 1 heterocycles. The van der Waals surface area contributed by atoms with Crippen LogP contribution in [0.4, 0.5) is 14.5 Å². The zero-order chi connectivity index (χ0) is 18.0. The van der Waals surface area contributed by atoms with Gasteiger partial charge in [0.15, 0.2) is 0 Å². The molecule has 0 aliphatic carbocycles. The summed E-state index contributed by atoms with van der Waals surface area (Å²) in [6.45, 7) is 1.58. The first kappa shape index (κ1) is 17.4. The maximum Gasteiger partial charge on any atom is 0.246 e. The molecule has 2 aromatic carbocycles. The van der Waals surface area contributed by atoms with Crippen LogP contribution in [0.1, 0.15) is 17.9 Å². The molecule has 0 radical (unpaired) electrons. The Morgan fingerprint density at radius 2 is 2.00 bits per heavy atom. The monoisotopic (exact) mass is 362 g/mol. The van der Waals surface area contributed by atoms with Gasteiger partial charge in [0.05, 0.1) is 5.75 Å². The second-order valence-corrected chi connectivity index (χ2v) is 6.73. The molecule has 130 valence electrons. The second kappa shape index (κ2) is 7.23. The first-order valence-electron chi connectivity index (χ1n) is 7.71. The van der Waals surface area contributed by atoms with E-state index in [1.807, 2.05) is 0 Å². The third kappa shape index (κ3) is 3.66. The van der Waals surface area contributed by atoms with E-state index in [1.165, 1.54) is 40.9 Å². The van der Waals surface area contributed by atoms with Gasteiger partial charge in [0.2, 0.25) is 11.8 Å². The van der Waals surface area contributed by atoms with Crippen LogP contribution in [0, 0.1) is 11.6 Å². The Morgan fingerprint density at radius 3 is 2.72 bits per heavy atom. The molecule has 0 spiro atoms. The standard InChI is InChI=1S/C18H16F2N2O2S/c1-11(17(24)21-13-6-4-5-12(19)9-13)22-16(23)10-25-18(22)14-7-2-3-8-15(14)20/h2-9,11,18H,10H2,1H3,(H,21,24). The summed E-state index contributed by atoms with van der Waals surface area (Å²) in [6, 6.07) is 10.9. The molecule has 0 saturated carbocycles. The van der Waals surface area contributed by atoms with Gasteiger partial charge in [-0.2, -0.15) is 0 Å². The number of nitrogens with one attached hydrogen (secondary N) is 1. The van der Waals surface area contributed by atoms with Gasteiger partial charge in [-0.25, -0.2) is 8.78 Å². The minimum atomic E-state index is -0.824. The van der Waals surface area contributed by atoms with Crippen LogP contribution in [0.15, 0.2) is 48.5 Å². The van der Waals surface area contributed by atoms with Gasteiger partial charge in [-0.3, -0.25) is 9.59 Å². The number of nitrogens with zero attached hydrogens (tertiary/aromatic N) is 1. The van der Waals surface area contributed by atoms with Crippen LogP contribution in [-0.2, 0) is 9.59 Å². The van der Waals surface area contributed by atoms with Gasteiger partial charge in [-0.05, 0) is 31.2 Å². The fourth-order valence-corrected chi connectivity index (χ4v) is 3.99. The zero-order valence-electron chi connectivity index (χ0n) is 13.4. The molecule has 4 nitrogen and oxygen atoms in total. The average molecular weight is 362 g/mol. The van der Waals surface area contributed by atoms with Crippen LogP contribution in [0.3, 0.4) is 0 Å². The Balaban J connectivity index is 1.81. The number of carbonyl (C=O) groups is 2. The Kier molecular flexibility index (Phi) is 5.03. The highest BCUT2D eigenvalue weighted by Crippen LogP contribution is 2.41. The van der Waals surface area contributed by atoms with Crippen molar-refractivity contribution in [1.29, 1.82) is 0 Å². The molecule has 25 heavy (non-hydrogen) atoms. The van der Waals surface area contributed by atoms with Gasteiger partial charge in [-0.15, -0.1) is 11.8 Å². The molecule has 2 atom stereocenters. The minimum Gasteiger partial charge on any atom is -0.324 e. The van der Waals surface area contributed by atoms with Crippen molar-refractivity contribution in [3.8, 4) is 0 Å². The number of carbonyl (C=O) groups excluding carboxylic acids is 2. The van der Waals surface area contributed by atoms with Gasteiger partial charge >= 0.3 is 0 Å². The summed E-state index contributed by atoms with van der Waals surface area (Å²) < 4.78 is 27.4. The summed E-state index contributed by atoms with van der Waals surface area (Å²) in [7, 11) is 0. The van der Waals surface area contributed by atoms with E-state index in [9.17, 15) is 18.4 Å². The number of thioether (sulfide) groups is 1. The molecule has 2 unspecified atom stereocenters. The van der Waals surface area contributed by atoms with E-state index in [-0.39, 0.29) is 11.7 Å². The summed E-state index contributed by atoms with van der Waals surface area (Å²) >= 11 is 1.28. The number of anilines is 1. The second-order valence-electron chi connectivity index (χ2n) is 5.66. The SMILES string of the molecule is CC(C(=O)Nc1cccc(F)c1)N1C(=O)CSC1c1ccccc1F. The van der Waals surface area contributed by atoms with Gasteiger partial charge in [-0.1, -0.05) is 24.3 Å². The molecule has 0 bridgehead atoms. The van der Waals surface area contributed by atoms with E-state index in [0.717, 1.165) is 0 Å². The van der Waals surface area contributed by atoms with E-state index < -0.39 is 29.0 Å². The number of amides is 2. The highest BCUT2D eigenvalue weighted by molar-refractivity contribution is 8.00. The largest absolute Gasteiger partial charge is 0.324 e. The van der Waals surface area contributed by atoms with Crippen LogP contribution in [0.2, 0.25) is 0 Å². The van der Waals surface area contributed by atoms with E-state index >= 15 is 0 Å². The van der Waals surface area contributed by atoms with Crippen LogP contribution >= 0.6 is 11.8 Å². The Labute approximate surface area is 148 Å². The summed E-state index contributed by atoms with van der Waals surface area (Å²) in [6.07, 6.45) is 0. The number of hydrogen-bond donors (Lipinski definition) is 1. The smallest absolute Gasteiger partial charge is 0.246 e. The maximum atomic E-state index is 14.1. The number of benzene rings is 2. The third-order valence-electron chi connectivity index (χ3n) is 3.97. The predicted molar refractivity (Wildman–Crippen MR) is 92.9 cm³/mol. The Bertz CT molecular complexity index is 815. The quantitative estimate of drug-likeness (QED) is 0.905. The Morgan fingerprint density at radius 1 is 1.24 bits per heavy atom. The van der Waals surface area contributed by atoms with Crippen LogP contribution in [-0.4, -0.2) is 28.5 Å². The molecule has 3 rings (SSSR count). The fourth-order valence-electron chi connectivity index (χ4n) is 2.71. The summed E-state index contributed by atoms with van der Waals surface area (Å²) in [4.78, 5) is 26.1. The van der Waals surface area contributed by atoms with Crippen molar-refractivity contribution < 1.29 is 18.4 Å². The summed E-state index contributed by atoms with van der Waals surface area (Å²) in [5.41, 5.74) is 0.669. The van der Waals surface area contributed by atoms with Crippen molar-refractivity contribution in [2.45, 2.75) is 18.3 Å². The van der Waals surface area contributed by atoms with Gasteiger partial charge in [0.1, 0.15) is 23.1 Å². The minimum absolute atomic E-state index is 0.177. The van der Waals surface area contributed by atoms with E-state index in [2.05, 4.69) is 5.32 Å². The zero-order valence-corrected chi connectivity index (χ0v) is 14.2. The van der Waals surface area contributed by atoms with Crippen molar-refractivity contribution in [2.24, 2.45) is 0 Å². The highest BCUT2D eigenvalue weighted by atomic mass is 32.2. The lowest BCUT2D eigenvalue weighted by Gasteiger charge is -2.29. The lowest BCUT2D eigenvalue weighted by atomic mass is 10.1. The van der Waals surface area contributed by atoms with Gasteiger partial charge < -0.3 is 10.2 Å². The lowest BCUT2D eigenvalue weighted by molar-refractivity contribution is -0.135. The highest BCUT2D eigenvalue weighted by Gasteiger charge is 2.39. The summed E-state index contributed by atoms with van der Waals surface area (Å²) in [5.74, 6) is -1.40. The van der Waals surface area contributed by atoms with Crippen molar-refractivity contribution in [3.05, 3.63) is 65.7 Å². The van der Waals surface area contributed by atoms with Gasteiger partial charge in [0.25, 0.3) is 0 Å². The molecule has 0 aromatic heterocycles. The number of halogens is 2. The topological polar surface area (TPSA) is 49.4 Å². The van der Waals surface area contributed by atoms with Crippen molar-refractivity contribution >= 4 is 29.3 Å². The molecule has 1 aliphatic heterocycles. The van der Waals surface area contributed by atoms with E-state index in [0.29, 0.717) is 11.3 Å². The predicted octanol–water partition coefficient (Wildman–Crippen LogP) is 3.57. The molecular formula is C18H16F2N2O2S. The molecule has 1 N–H and O–H groups in total. The van der Waals surface area contributed by atoms with E-state index in [4.69, 9.17) is 0 Å². The fraction of sp³-hybridized carbons (Fsp3) is 0.222. The normalized spacial score (nSPS) is 18.3.